The SMILES string of the molecule is CN1CC2(CC(O)CS2(=O)=O)C1. The second-order valence-corrected chi connectivity index (χ2v) is 6.42. The molecule has 2 heterocycles. The summed E-state index contributed by atoms with van der Waals surface area (Å²) in [5.74, 6) is -0.0408. The van der Waals surface area contributed by atoms with E-state index in [1.54, 1.807) is 0 Å². The van der Waals surface area contributed by atoms with E-state index in [1.165, 1.54) is 0 Å². The number of hydrogen-bond donors (Lipinski definition) is 1. The van der Waals surface area contributed by atoms with Gasteiger partial charge in [-0.15, -0.1) is 0 Å². The van der Waals surface area contributed by atoms with Crippen LogP contribution < -0.4 is 0 Å². The number of sulfone groups is 1. The molecule has 0 amide bonds. The summed E-state index contributed by atoms with van der Waals surface area (Å²) in [7, 11) is -1.13. The van der Waals surface area contributed by atoms with Gasteiger partial charge in [0.05, 0.1) is 11.9 Å². The van der Waals surface area contributed by atoms with Gasteiger partial charge in [-0.1, -0.05) is 0 Å². The van der Waals surface area contributed by atoms with Crippen LogP contribution in [0.1, 0.15) is 6.42 Å². The molecule has 1 unspecified atom stereocenters. The van der Waals surface area contributed by atoms with E-state index in [9.17, 15) is 13.5 Å². The number of aliphatic hydroxyl groups excluding tert-OH is 1. The first-order valence-corrected chi connectivity index (χ1v) is 5.69. The molecular formula is C7H13NO3S. The Balaban J connectivity index is 2.28. The summed E-state index contributed by atoms with van der Waals surface area (Å²) in [5, 5.41) is 9.25. The van der Waals surface area contributed by atoms with Gasteiger partial charge < -0.3 is 10.0 Å². The maximum atomic E-state index is 11.5. The van der Waals surface area contributed by atoms with Crippen LogP contribution in [0.15, 0.2) is 0 Å². The van der Waals surface area contributed by atoms with Crippen LogP contribution in [0.3, 0.4) is 0 Å². The molecule has 1 atom stereocenters. The van der Waals surface area contributed by atoms with Crippen LogP contribution in [-0.2, 0) is 9.84 Å². The molecule has 0 bridgehead atoms. The third-order valence-electron chi connectivity index (χ3n) is 2.80. The lowest BCUT2D eigenvalue weighted by molar-refractivity contribution is 0.110. The summed E-state index contributed by atoms with van der Waals surface area (Å²) in [6.45, 7) is 1.18. The zero-order valence-electron chi connectivity index (χ0n) is 7.02. The van der Waals surface area contributed by atoms with Gasteiger partial charge in [-0.25, -0.2) is 8.42 Å². The fraction of sp³-hybridized carbons (Fsp3) is 1.00. The smallest absolute Gasteiger partial charge is 0.161 e. The molecule has 12 heavy (non-hydrogen) atoms. The van der Waals surface area contributed by atoms with Gasteiger partial charge in [0, 0.05) is 13.1 Å². The van der Waals surface area contributed by atoms with Crippen LogP contribution in [0.2, 0.25) is 0 Å². The highest BCUT2D eigenvalue weighted by Gasteiger charge is 2.57. The fourth-order valence-electron chi connectivity index (χ4n) is 2.31. The van der Waals surface area contributed by atoms with Crippen molar-refractivity contribution >= 4 is 9.84 Å². The third-order valence-corrected chi connectivity index (χ3v) is 5.36. The zero-order chi connectivity index (χ0) is 8.98. The van der Waals surface area contributed by atoms with Gasteiger partial charge in [-0.2, -0.15) is 0 Å². The number of likely N-dealkylation sites (tertiary alicyclic amines) is 1. The molecule has 0 saturated carbocycles. The summed E-state index contributed by atoms with van der Waals surface area (Å²) in [6.07, 6.45) is -0.205. The molecule has 2 aliphatic heterocycles. The van der Waals surface area contributed by atoms with Crippen molar-refractivity contribution in [1.29, 1.82) is 0 Å². The minimum Gasteiger partial charge on any atom is -0.392 e. The average molecular weight is 191 g/mol. The van der Waals surface area contributed by atoms with E-state index >= 15 is 0 Å². The molecular weight excluding hydrogens is 178 g/mol. The molecule has 2 saturated heterocycles. The van der Waals surface area contributed by atoms with Crippen molar-refractivity contribution in [2.24, 2.45) is 0 Å². The van der Waals surface area contributed by atoms with Crippen molar-refractivity contribution in [3.05, 3.63) is 0 Å². The lowest BCUT2D eigenvalue weighted by Gasteiger charge is -2.44. The van der Waals surface area contributed by atoms with Gasteiger partial charge in [0.25, 0.3) is 0 Å². The molecule has 0 aromatic carbocycles. The summed E-state index contributed by atoms with van der Waals surface area (Å²) in [5.41, 5.74) is 0. The monoisotopic (exact) mass is 191 g/mol. The van der Waals surface area contributed by atoms with Crippen molar-refractivity contribution in [2.75, 3.05) is 25.9 Å². The van der Waals surface area contributed by atoms with Gasteiger partial charge in [0.2, 0.25) is 0 Å². The molecule has 2 rings (SSSR count). The van der Waals surface area contributed by atoms with E-state index in [4.69, 9.17) is 0 Å². The lowest BCUT2D eigenvalue weighted by Crippen LogP contribution is -2.62. The molecule has 0 aromatic rings. The van der Waals surface area contributed by atoms with E-state index in [0.29, 0.717) is 19.5 Å². The molecule has 70 valence electrons. The predicted octanol–water partition coefficient (Wildman–Crippen LogP) is -1.15. The number of nitrogens with zero attached hydrogens (tertiary/aromatic N) is 1. The van der Waals surface area contributed by atoms with Gasteiger partial charge in [-0.3, -0.25) is 0 Å². The Kier molecular flexibility index (Phi) is 1.56. The minimum absolute atomic E-state index is 0.0408. The van der Waals surface area contributed by atoms with E-state index in [0.717, 1.165) is 0 Å². The zero-order valence-corrected chi connectivity index (χ0v) is 7.84. The third kappa shape index (κ3) is 0.932. The van der Waals surface area contributed by atoms with Crippen LogP contribution in [0.4, 0.5) is 0 Å². The Morgan fingerprint density at radius 1 is 1.50 bits per heavy atom. The first kappa shape index (κ1) is 8.47. The number of hydrogen-bond acceptors (Lipinski definition) is 4. The first-order chi connectivity index (χ1) is 5.45. The van der Waals surface area contributed by atoms with Crippen LogP contribution >= 0.6 is 0 Å². The Morgan fingerprint density at radius 2 is 2.08 bits per heavy atom. The van der Waals surface area contributed by atoms with Crippen LogP contribution in [-0.4, -0.2) is 55.2 Å². The normalized spacial score (nSPS) is 38.3. The Morgan fingerprint density at radius 3 is 2.42 bits per heavy atom. The average Bonchev–Trinajstić information content (AvgIpc) is 2.00. The van der Waals surface area contributed by atoms with Gasteiger partial charge >= 0.3 is 0 Å². The summed E-state index contributed by atoms with van der Waals surface area (Å²) in [4.78, 5) is 1.97. The molecule has 4 nitrogen and oxygen atoms in total. The highest BCUT2D eigenvalue weighted by Crippen LogP contribution is 2.39. The van der Waals surface area contributed by atoms with Gasteiger partial charge in [0.15, 0.2) is 9.84 Å². The quantitative estimate of drug-likeness (QED) is 0.525. The predicted molar refractivity (Wildman–Crippen MR) is 44.6 cm³/mol. The molecule has 2 aliphatic rings. The topological polar surface area (TPSA) is 57.6 Å². The van der Waals surface area contributed by atoms with Crippen LogP contribution in [0.25, 0.3) is 0 Å². The van der Waals surface area contributed by atoms with Crippen LogP contribution in [0.5, 0.6) is 0 Å². The molecule has 1 N–H and O–H groups in total. The lowest BCUT2D eigenvalue weighted by atomic mass is 9.94. The van der Waals surface area contributed by atoms with Crippen molar-refractivity contribution in [1.82, 2.24) is 4.90 Å². The molecule has 5 heteroatoms. The van der Waals surface area contributed by atoms with E-state index in [1.807, 2.05) is 11.9 Å². The Hall–Kier alpha value is -0.130. The van der Waals surface area contributed by atoms with E-state index in [-0.39, 0.29) is 5.75 Å². The standard InChI is InChI=1S/C7H13NO3S/c1-8-4-7(5-8)2-6(9)3-12(7,10)11/h6,9H,2-5H2,1H3. The van der Waals surface area contributed by atoms with Crippen molar-refractivity contribution in [3.8, 4) is 0 Å². The molecule has 0 aliphatic carbocycles. The maximum Gasteiger partial charge on any atom is 0.161 e. The minimum atomic E-state index is -3.02. The molecule has 2 fully saturated rings. The summed E-state index contributed by atoms with van der Waals surface area (Å²) < 4.78 is 22.5. The Labute approximate surface area is 72.1 Å². The maximum absolute atomic E-state index is 11.5. The second-order valence-electron chi connectivity index (χ2n) is 3.99. The number of aliphatic hydroxyl groups is 1. The van der Waals surface area contributed by atoms with Crippen molar-refractivity contribution in [3.63, 3.8) is 0 Å². The molecule has 0 radical (unpaired) electrons. The van der Waals surface area contributed by atoms with Crippen molar-refractivity contribution in [2.45, 2.75) is 17.3 Å². The molecule has 1 spiro atoms. The largest absolute Gasteiger partial charge is 0.392 e. The van der Waals surface area contributed by atoms with Gasteiger partial charge in [-0.05, 0) is 13.5 Å². The van der Waals surface area contributed by atoms with Crippen molar-refractivity contribution < 1.29 is 13.5 Å². The highest BCUT2D eigenvalue weighted by atomic mass is 32.2. The fourth-order valence-corrected chi connectivity index (χ4v) is 4.57. The van der Waals surface area contributed by atoms with Gasteiger partial charge in [0.1, 0.15) is 4.75 Å². The highest BCUT2D eigenvalue weighted by molar-refractivity contribution is 7.93. The van der Waals surface area contributed by atoms with E-state index < -0.39 is 20.7 Å². The Bertz CT molecular complexity index is 292. The first-order valence-electron chi connectivity index (χ1n) is 4.04. The number of rotatable bonds is 0. The second kappa shape index (κ2) is 2.21. The summed E-state index contributed by atoms with van der Waals surface area (Å²) >= 11 is 0. The summed E-state index contributed by atoms with van der Waals surface area (Å²) in [6, 6.07) is 0. The van der Waals surface area contributed by atoms with Crippen LogP contribution in [0, 0.1) is 0 Å². The van der Waals surface area contributed by atoms with E-state index in [2.05, 4.69) is 0 Å². The molecule has 0 aromatic heterocycles.